The molecule has 35 heavy (non-hydrogen) atoms. The van der Waals surface area contributed by atoms with Gasteiger partial charge in [0.25, 0.3) is 5.91 Å². The Balaban J connectivity index is 1.37. The molecule has 0 saturated heterocycles. The third kappa shape index (κ3) is 5.25. The van der Waals surface area contributed by atoms with Gasteiger partial charge in [0.15, 0.2) is 0 Å². The summed E-state index contributed by atoms with van der Waals surface area (Å²) in [5.41, 5.74) is 5.15. The molecule has 0 spiro atoms. The lowest BCUT2D eigenvalue weighted by Gasteiger charge is -2.38. The zero-order chi connectivity index (χ0) is 24.4. The second kappa shape index (κ2) is 10.2. The van der Waals surface area contributed by atoms with Crippen LogP contribution in [-0.2, 0) is 17.8 Å². The topological polar surface area (TPSA) is 71.5 Å². The van der Waals surface area contributed by atoms with Gasteiger partial charge in [-0.25, -0.2) is 4.98 Å². The van der Waals surface area contributed by atoms with Crippen LogP contribution in [0.1, 0.15) is 70.0 Å². The van der Waals surface area contributed by atoms with Gasteiger partial charge in [-0.2, -0.15) is 0 Å². The van der Waals surface area contributed by atoms with E-state index in [0.29, 0.717) is 18.8 Å². The number of nitrogens with one attached hydrogen (secondary N) is 1. The molecule has 2 aromatic carbocycles. The second-order valence-electron chi connectivity index (χ2n) is 9.40. The Hall–Kier alpha value is -3.19. The highest BCUT2D eigenvalue weighted by Crippen LogP contribution is 2.41. The van der Waals surface area contributed by atoms with E-state index in [1.165, 1.54) is 22.5 Å². The van der Waals surface area contributed by atoms with Gasteiger partial charge in [-0.3, -0.25) is 9.59 Å². The SMILES string of the molecule is CCCNC(=O)c1csc(COc2ccc3c(c2)[C@H](c2ccc(C)cc2)N(C(=O)C2CC2)CC3)n1. The van der Waals surface area contributed by atoms with Crippen molar-refractivity contribution in [1.29, 1.82) is 0 Å². The van der Waals surface area contributed by atoms with Crippen LogP contribution in [0.3, 0.4) is 0 Å². The average molecular weight is 490 g/mol. The van der Waals surface area contributed by atoms with Crippen molar-refractivity contribution in [2.24, 2.45) is 5.92 Å². The lowest BCUT2D eigenvalue weighted by Crippen LogP contribution is -2.41. The molecule has 5 rings (SSSR count). The largest absolute Gasteiger partial charge is 0.486 e. The molecule has 2 heterocycles. The van der Waals surface area contributed by atoms with E-state index in [4.69, 9.17) is 4.74 Å². The first-order valence-corrected chi connectivity index (χ1v) is 13.3. The van der Waals surface area contributed by atoms with Crippen LogP contribution < -0.4 is 10.1 Å². The van der Waals surface area contributed by atoms with E-state index in [9.17, 15) is 9.59 Å². The number of thiazole rings is 1. The summed E-state index contributed by atoms with van der Waals surface area (Å²) in [7, 11) is 0. The van der Waals surface area contributed by atoms with E-state index in [-0.39, 0.29) is 23.8 Å². The molecule has 3 aromatic rings. The minimum absolute atomic E-state index is 0.107. The number of nitrogens with zero attached hydrogens (tertiary/aromatic N) is 2. The van der Waals surface area contributed by atoms with Crippen LogP contribution in [0.2, 0.25) is 0 Å². The molecule has 0 bridgehead atoms. The van der Waals surface area contributed by atoms with Crippen LogP contribution in [0.25, 0.3) is 0 Å². The monoisotopic (exact) mass is 489 g/mol. The van der Waals surface area contributed by atoms with Gasteiger partial charge in [0.05, 0.1) is 6.04 Å². The molecule has 1 saturated carbocycles. The highest BCUT2D eigenvalue weighted by atomic mass is 32.1. The molecule has 0 unspecified atom stereocenters. The Labute approximate surface area is 210 Å². The minimum Gasteiger partial charge on any atom is -0.486 e. The van der Waals surface area contributed by atoms with Crippen molar-refractivity contribution in [3.63, 3.8) is 0 Å². The van der Waals surface area contributed by atoms with Gasteiger partial charge >= 0.3 is 0 Å². The fourth-order valence-corrected chi connectivity index (χ4v) is 5.23. The highest BCUT2D eigenvalue weighted by Gasteiger charge is 2.39. The Morgan fingerprint density at radius 1 is 1.17 bits per heavy atom. The van der Waals surface area contributed by atoms with E-state index < -0.39 is 0 Å². The first-order chi connectivity index (χ1) is 17.0. The quantitative estimate of drug-likeness (QED) is 0.480. The summed E-state index contributed by atoms with van der Waals surface area (Å²) in [6.07, 6.45) is 3.73. The zero-order valence-electron chi connectivity index (χ0n) is 20.3. The molecule has 1 fully saturated rings. The van der Waals surface area contributed by atoms with Crippen molar-refractivity contribution in [3.05, 3.63) is 80.8 Å². The minimum atomic E-state index is -0.149. The van der Waals surface area contributed by atoms with Crippen molar-refractivity contribution >= 4 is 23.2 Å². The van der Waals surface area contributed by atoms with Crippen LogP contribution in [-0.4, -0.2) is 34.8 Å². The normalized spacial score (nSPS) is 17.1. The number of benzene rings is 2. The van der Waals surface area contributed by atoms with Gasteiger partial charge in [-0.05, 0) is 61.4 Å². The Morgan fingerprint density at radius 3 is 2.71 bits per heavy atom. The maximum atomic E-state index is 13.2. The number of ether oxygens (including phenoxy) is 1. The summed E-state index contributed by atoms with van der Waals surface area (Å²) in [4.78, 5) is 31.8. The number of fused-ring (bicyclic) bond motifs is 1. The molecule has 2 aliphatic rings. The number of carbonyl (C=O) groups excluding carboxylic acids is 2. The van der Waals surface area contributed by atoms with Crippen LogP contribution in [0, 0.1) is 12.8 Å². The van der Waals surface area contributed by atoms with E-state index in [1.54, 1.807) is 5.38 Å². The van der Waals surface area contributed by atoms with Gasteiger partial charge in [0, 0.05) is 24.4 Å². The number of amides is 2. The fraction of sp³-hybridized carbons (Fsp3) is 0.393. The molecule has 2 amide bonds. The van der Waals surface area contributed by atoms with Crippen molar-refractivity contribution in [3.8, 4) is 5.75 Å². The molecule has 182 valence electrons. The molecule has 1 N–H and O–H groups in total. The number of aryl methyl sites for hydroxylation is 1. The summed E-state index contributed by atoms with van der Waals surface area (Å²) >= 11 is 1.42. The van der Waals surface area contributed by atoms with Crippen LogP contribution in [0.5, 0.6) is 5.75 Å². The molecular formula is C28H31N3O3S. The van der Waals surface area contributed by atoms with Crippen LogP contribution in [0.4, 0.5) is 0 Å². The molecule has 1 aromatic heterocycles. The first-order valence-electron chi connectivity index (χ1n) is 12.4. The maximum absolute atomic E-state index is 13.2. The summed E-state index contributed by atoms with van der Waals surface area (Å²) in [5, 5.41) is 5.38. The van der Waals surface area contributed by atoms with Crippen molar-refractivity contribution in [2.45, 2.75) is 52.2 Å². The van der Waals surface area contributed by atoms with Crippen LogP contribution in [0.15, 0.2) is 47.8 Å². The predicted octanol–water partition coefficient (Wildman–Crippen LogP) is 5.05. The zero-order valence-corrected chi connectivity index (χ0v) is 21.1. The number of hydrogen-bond donors (Lipinski definition) is 1. The molecular weight excluding hydrogens is 458 g/mol. The third-order valence-corrected chi connectivity index (χ3v) is 7.45. The van der Waals surface area contributed by atoms with Gasteiger partial charge in [-0.1, -0.05) is 42.8 Å². The van der Waals surface area contributed by atoms with Gasteiger partial charge < -0.3 is 15.0 Å². The molecule has 1 atom stereocenters. The molecule has 7 heteroatoms. The Bertz CT molecular complexity index is 1220. The van der Waals surface area contributed by atoms with Crippen molar-refractivity contribution < 1.29 is 14.3 Å². The highest BCUT2D eigenvalue weighted by molar-refractivity contribution is 7.09. The lowest BCUT2D eigenvalue weighted by molar-refractivity contribution is -0.134. The smallest absolute Gasteiger partial charge is 0.270 e. The molecule has 0 radical (unpaired) electrons. The van der Waals surface area contributed by atoms with Crippen LogP contribution >= 0.6 is 11.3 Å². The Morgan fingerprint density at radius 2 is 1.97 bits per heavy atom. The lowest BCUT2D eigenvalue weighted by atomic mass is 9.87. The van der Waals surface area contributed by atoms with Gasteiger partial charge in [-0.15, -0.1) is 11.3 Å². The van der Waals surface area contributed by atoms with Crippen molar-refractivity contribution in [1.82, 2.24) is 15.2 Å². The Kier molecular flexibility index (Phi) is 6.86. The first kappa shape index (κ1) is 23.5. The maximum Gasteiger partial charge on any atom is 0.270 e. The molecule has 1 aliphatic heterocycles. The number of aromatic nitrogens is 1. The average Bonchev–Trinajstić information content (AvgIpc) is 3.62. The van der Waals surface area contributed by atoms with Crippen molar-refractivity contribution in [2.75, 3.05) is 13.1 Å². The standard InChI is InChI=1S/C28H31N3O3S/c1-3-13-29-27(32)24-17-35-25(30-24)16-34-22-11-10-19-12-14-31(28(33)21-8-9-21)26(23(19)15-22)20-6-4-18(2)5-7-20/h4-7,10-11,15,17,21,26H,3,8-9,12-14,16H2,1-2H3,(H,29,32)/t26-/m0/s1. The van der Waals surface area contributed by atoms with E-state index >= 15 is 0 Å². The number of rotatable bonds is 8. The number of carbonyl (C=O) groups is 2. The molecule has 1 aliphatic carbocycles. The predicted molar refractivity (Wildman–Crippen MR) is 137 cm³/mol. The summed E-state index contributed by atoms with van der Waals surface area (Å²) in [6, 6.07) is 14.6. The third-order valence-electron chi connectivity index (χ3n) is 6.63. The van der Waals surface area contributed by atoms with Gasteiger partial charge in [0.1, 0.15) is 23.1 Å². The summed E-state index contributed by atoms with van der Waals surface area (Å²) in [6.45, 7) is 5.77. The van der Waals surface area contributed by atoms with Gasteiger partial charge in [0.2, 0.25) is 5.91 Å². The van der Waals surface area contributed by atoms with E-state index in [1.807, 2.05) is 13.0 Å². The van der Waals surface area contributed by atoms with E-state index in [2.05, 4.69) is 58.5 Å². The molecule has 6 nitrogen and oxygen atoms in total. The fourth-order valence-electron chi connectivity index (χ4n) is 4.55. The second-order valence-corrected chi connectivity index (χ2v) is 10.3. The summed E-state index contributed by atoms with van der Waals surface area (Å²) in [5.74, 6) is 1.04. The van der Waals surface area contributed by atoms with E-state index in [0.717, 1.165) is 54.1 Å². The number of hydrogen-bond acceptors (Lipinski definition) is 5. The summed E-state index contributed by atoms with van der Waals surface area (Å²) < 4.78 is 6.10.